The van der Waals surface area contributed by atoms with Crippen molar-refractivity contribution in [1.82, 2.24) is 4.84 Å². The van der Waals surface area contributed by atoms with Gasteiger partial charge in [-0.25, -0.2) is 0 Å². The number of halogens is 1. The Morgan fingerprint density at radius 3 is 2.93 bits per heavy atom. The second-order valence-corrected chi connectivity index (χ2v) is 3.47. The summed E-state index contributed by atoms with van der Waals surface area (Å²) in [6.07, 6.45) is 3.50. The van der Waals surface area contributed by atoms with E-state index in [4.69, 9.17) is 11.8 Å². The van der Waals surface area contributed by atoms with Gasteiger partial charge in [0.15, 0.2) is 0 Å². The number of carbonyl (C=O) groups is 1. The second-order valence-electron chi connectivity index (χ2n) is 3.29. The Morgan fingerprint density at radius 2 is 2.14 bits per heavy atom. The summed E-state index contributed by atoms with van der Waals surface area (Å²) in [4.78, 5) is 13.1. The zero-order chi connectivity index (χ0) is 9.97. The third-order valence-electron chi connectivity index (χ3n) is 2.43. The molecule has 0 fully saturated rings. The highest BCUT2D eigenvalue weighted by molar-refractivity contribution is 6.23. The van der Waals surface area contributed by atoms with Gasteiger partial charge in [0.25, 0.3) is 5.91 Å². The van der Waals surface area contributed by atoms with Gasteiger partial charge in [0.2, 0.25) is 0 Å². The lowest BCUT2D eigenvalue weighted by molar-refractivity contribution is -0.114. The molecular weight excluding hydrogens is 198 g/mol. The Hall–Kier alpha value is -1.28. The second kappa shape index (κ2) is 3.84. The van der Waals surface area contributed by atoms with E-state index < -0.39 is 0 Å². The molecule has 0 saturated carbocycles. The summed E-state index contributed by atoms with van der Waals surface area (Å²) in [6, 6.07) is 8.13. The quantitative estimate of drug-likeness (QED) is 0.556. The van der Waals surface area contributed by atoms with E-state index in [1.165, 1.54) is 11.1 Å². The molecule has 72 valence electrons. The summed E-state index contributed by atoms with van der Waals surface area (Å²) in [7, 11) is 0. The first-order valence-corrected chi connectivity index (χ1v) is 4.88. The Labute approximate surface area is 87.7 Å². The molecule has 1 aromatic rings. The van der Waals surface area contributed by atoms with Gasteiger partial charge in [-0.2, -0.15) is 0 Å². The highest BCUT2D eigenvalue weighted by Gasteiger charge is 2.15. The number of allylic oxidation sites excluding steroid dienone is 1. The highest BCUT2D eigenvalue weighted by Crippen LogP contribution is 2.31. The van der Waals surface area contributed by atoms with Crippen LogP contribution < -0.4 is 4.84 Å². The van der Waals surface area contributed by atoms with Crippen LogP contribution in [0.25, 0.3) is 5.57 Å². The van der Waals surface area contributed by atoms with E-state index in [1.807, 2.05) is 18.2 Å². The molecule has 2 rings (SSSR count). The van der Waals surface area contributed by atoms with Crippen molar-refractivity contribution in [3.63, 3.8) is 0 Å². The Kier molecular flexibility index (Phi) is 2.55. The molecule has 0 aliphatic heterocycles. The van der Waals surface area contributed by atoms with E-state index in [-0.39, 0.29) is 5.91 Å². The first-order valence-electron chi connectivity index (χ1n) is 4.50. The van der Waals surface area contributed by atoms with E-state index in [2.05, 4.69) is 10.9 Å². The van der Waals surface area contributed by atoms with Gasteiger partial charge in [-0.1, -0.05) is 24.3 Å². The fraction of sp³-hybridized carbons (Fsp3) is 0.182. The van der Waals surface area contributed by atoms with Gasteiger partial charge >= 0.3 is 0 Å². The maximum atomic E-state index is 11.1. The van der Waals surface area contributed by atoms with E-state index >= 15 is 0 Å². The normalized spacial score (nSPS) is 16.8. The third-order valence-corrected chi connectivity index (χ3v) is 2.61. The fourth-order valence-electron chi connectivity index (χ4n) is 1.79. The number of fused-ring (bicyclic) bond motifs is 1. The van der Waals surface area contributed by atoms with Gasteiger partial charge < -0.3 is 0 Å². The van der Waals surface area contributed by atoms with Crippen molar-refractivity contribution in [1.29, 1.82) is 0 Å². The molecular formula is C11H10ClNO. The maximum Gasteiger partial charge on any atom is 0.258 e. The summed E-state index contributed by atoms with van der Waals surface area (Å²) in [5, 5.41) is 0. The lowest BCUT2D eigenvalue weighted by Crippen LogP contribution is -2.08. The van der Waals surface area contributed by atoms with Crippen molar-refractivity contribution >= 4 is 23.3 Å². The van der Waals surface area contributed by atoms with Crippen molar-refractivity contribution in [2.45, 2.75) is 12.8 Å². The van der Waals surface area contributed by atoms with Crippen molar-refractivity contribution in [2.75, 3.05) is 0 Å². The number of nitrogens with one attached hydrogen (secondary N) is 1. The molecule has 0 heterocycles. The van der Waals surface area contributed by atoms with Crippen LogP contribution in [0.1, 0.15) is 17.5 Å². The third kappa shape index (κ3) is 1.66. The minimum absolute atomic E-state index is 0.252. The molecule has 0 saturated heterocycles. The van der Waals surface area contributed by atoms with Crippen LogP contribution in [0.15, 0.2) is 30.3 Å². The van der Waals surface area contributed by atoms with Gasteiger partial charge in [-0.05, 0) is 29.5 Å². The molecule has 0 atom stereocenters. The number of benzene rings is 1. The summed E-state index contributed by atoms with van der Waals surface area (Å²) in [5.74, 6) is -0.252. The zero-order valence-corrected chi connectivity index (χ0v) is 8.34. The molecule has 0 radical (unpaired) electrons. The van der Waals surface area contributed by atoms with Crippen LogP contribution >= 0.6 is 11.8 Å². The van der Waals surface area contributed by atoms with Crippen molar-refractivity contribution in [2.24, 2.45) is 0 Å². The summed E-state index contributed by atoms with van der Waals surface area (Å²) in [5.41, 5.74) is 3.55. The molecule has 3 heteroatoms. The predicted molar refractivity (Wildman–Crippen MR) is 56.7 cm³/mol. The molecule has 1 amide bonds. The summed E-state index contributed by atoms with van der Waals surface area (Å²) < 4.78 is 0. The van der Waals surface area contributed by atoms with E-state index in [9.17, 15) is 4.79 Å². The molecule has 0 spiro atoms. The van der Waals surface area contributed by atoms with Crippen LogP contribution in [0.5, 0.6) is 0 Å². The average molecular weight is 208 g/mol. The number of rotatable bonds is 1. The van der Waals surface area contributed by atoms with E-state index in [0.29, 0.717) is 0 Å². The average Bonchev–Trinajstić information content (AvgIpc) is 2.62. The number of amides is 1. The van der Waals surface area contributed by atoms with Crippen LogP contribution in [0.3, 0.4) is 0 Å². The van der Waals surface area contributed by atoms with Gasteiger partial charge in [-0.15, -0.1) is 0 Å². The zero-order valence-electron chi connectivity index (χ0n) is 7.59. The standard InChI is InChI=1S/C11H10ClNO/c12-13-11(14)7-9-6-5-8-3-1-2-4-10(8)9/h1-4,7H,5-6H2,(H,13,14)/b9-7+. The first kappa shape index (κ1) is 9.28. The molecule has 1 N–H and O–H groups in total. The minimum atomic E-state index is -0.252. The molecule has 14 heavy (non-hydrogen) atoms. The van der Waals surface area contributed by atoms with Gasteiger partial charge in [0.1, 0.15) is 0 Å². The van der Waals surface area contributed by atoms with Crippen LogP contribution in [-0.4, -0.2) is 5.91 Å². The highest BCUT2D eigenvalue weighted by atomic mass is 35.5. The van der Waals surface area contributed by atoms with Crippen LogP contribution in [0.4, 0.5) is 0 Å². The summed E-state index contributed by atoms with van der Waals surface area (Å²) >= 11 is 5.21. The lowest BCUT2D eigenvalue weighted by Gasteiger charge is -1.99. The van der Waals surface area contributed by atoms with Gasteiger partial charge in [-0.3, -0.25) is 9.63 Å². The van der Waals surface area contributed by atoms with Crippen LogP contribution in [0, 0.1) is 0 Å². The fourth-order valence-corrected chi connectivity index (χ4v) is 1.85. The molecule has 0 unspecified atom stereocenters. The SMILES string of the molecule is O=C(/C=C1\CCc2ccccc21)NCl. The van der Waals surface area contributed by atoms with Crippen molar-refractivity contribution in [3.8, 4) is 0 Å². The molecule has 1 aromatic carbocycles. The molecule has 0 aromatic heterocycles. The number of hydrogen-bond donors (Lipinski definition) is 1. The lowest BCUT2D eigenvalue weighted by atomic mass is 10.1. The number of carbonyl (C=O) groups excluding carboxylic acids is 1. The maximum absolute atomic E-state index is 11.1. The largest absolute Gasteiger partial charge is 0.269 e. The summed E-state index contributed by atoms with van der Waals surface area (Å²) in [6.45, 7) is 0. The van der Waals surface area contributed by atoms with E-state index in [0.717, 1.165) is 18.4 Å². The number of aryl methyl sites for hydroxylation is 1. The first-order chi connectivity index (χ1) is 6.81. The molecule has 0 bridgehead atoms. The van der Waals surface area contributed by atoms with Crippen molar-refractivity contribution < 1.29 is 4.79 Å². The Bertz CT molecular complexity index is 398. The Balaban J connectivity index is 2.35. The van der Waals surface area contributed by atoms with Crippen LogP contribution in [0.2, 0.25) is 0 Å². The topological polar surface area (TPSA) is 29.1 Å². The van der Waals surface area contributed by atoms with Crippen molar-refractivity contribution in [3.05, 3.63) is 41.5 Å². The predicted octanol–water partition coefficient (Wildman–Crippen LogP) is 2.29. The van der Waals surface area contributed by atoms with Gasteiger partial charge in [0.05, 0.1) is 0 Å². The molecule has 2 nitrogen and oxygen atoms in total. The number of hydrogen-bond acceptors (Lipinski definition) is 1. The Morgan fingerprint density at radius 1 is 1.36 bits per heavy atom. The minimum Gasteiger partial charge on any atom is -0.269 e. The van der Waals surface area contributed by atoms with Crippen LogP contribution in [-0.2, 0) is 11.2 Å². The molecule has 1 aliphatic rings. The molecule has 1 aliphatic carbocycles. The monoisotopic (exact) mass is 207 g/mol. The van der Waals surface area contributed by atoms with E-state index in [1.54, 1.807) is 6.08 Å². The smallest absolute Gasteiger partial charge is 0.258 e. The van der Waals surface area contributed by atoms with Gasteiger partial charge in [0, 0.05) is 17.9 Å².